The fourth-order valence-electron chi connectivity index (χ4n) is 2.85. The average molecular weight is 344 g/mol. The third kappa shape index (κ3) is 3.66. The maximum Gasteiger partial charge on any atom is 0.420 e. The van der Waals surface area contributed by atoms with E-state index in [4.69, 9.17) is 8.83 Å². The Bertz CT molecular complexity index is 950. The molecule has 0 saturated carbocycles. The van der Waals surface area contributed by atoms with Gasteiger partial charge in [0, 0.05) is 12.1 Å². The minimum Gasteiger partial charge on any atom is -0.466 e. The Hall–Kier alpha value is -2.80. The van der Waals surface area contributed by atoms with E-state index in [1.54, 1.807) is 37.3 Å². The summed E-state index contributed by atoms with van der Waals surface area (Å²) in [6, 6.07) is 8.73. The highest BCUT2D eigenvalue weighted by Crippen LogP contribution is 2.23. The van der Waals surface area contributed by atoms with Crippen LogP contribution in [0.15, 0.2) is 44.0 Å². The standard InChI is InChI=1S/C18H20N2O5/c1-11-9-13(12(2)24-11)15(21)7-8-19-17(22)10-20-14-5-3-4-6-16(14)25-18(20)23/h3-6,9,15,21H,7-8,10H2,1-2H3,(H,19,22)/t15-/m0/s1. The number of carbonyl (C=O) groups is 1. The van der Waals surface area contributed by atoms with Crippen molar-refractivity contribution in [2.75, 3.05) is 6.54 Å². The van der Waals surface area contributed by atoms with Crippen LogP contribution in [0.2, 0.25) is 0 Å². The molecule has 0 unspecified atom stereocenters. The molecule has 2 N–H and O–H groups in total. The zero-order valence-electron chi connectivity index (χ0n) is 14.1. The molecule has 0 aliphatic rings. The Balaban J connectivity index is 1.57. The third-order valence-corrected chi connectivity index (χ3v) is 4.05. The van der Waals surface area contributed by atoms with Crippen LogP contribution in [0, 0.1) is 13.8 Å². The number of nitrogens with zero attached hydrogens (tertiary/aromatic N) is 1. The molecule has 2 heterocycles. The Morgan fingerprint density at radius 2 is 2.04 bits per heavy atom. The molecule has 132 valence electrons. The first-order chi connectivity index (χ1) is 12.0. The van der Waals surface area contributed by atoms with Crippen LogP contribution < -0.4 is 11.1 Å². The molecular weight excluding hydrogens is 324 g/mol. The van der Waals surface area contributed by atoms with Gasteiger partial charge in [-0.2, -0.15) is 0 Å². The summed E-state index contributed by atoms with van der Waals surface area (Å²) in [7, 11) is 0. The fraction of sp³-hybridized carbons (Fsp3) is 0.333. The van der Waals surface area contributed by atoms with Crippen LogP contribution in [0.1, 0.15) is 29.6 Å². The van der Waals surface area contributed by atoms with Gasteiger partial charge in [0.2, 0.25) is 5.91 Å². The van der Waals surface area contributed by atoms with Gasteiger partial charge in [-0.1, -0.05) is 12.1 Å². The molecule has 0 fully saturated rings. The Kier molecular flexibility index (Phi) is 4.76. The van der Waals surface area contributed by atoms with Gasteiger partial charge in [0.15, 0.2) is 5.58 Å². The number of benzene rings is 1. The molecule has 25 heavy (non-hydrogen) atoms. The topological polar surface area (TPSA) is 97.6 Å². The van der Waals surface area contributed by atoms with Gasteiger partial charge in [-0.05, 0) is 38.5 Å². The van der Waals surface area contributed by atoms with E-state index in [-0.39, 0.29) is 19.0 Å². The first-order valence-electron chi connectivity index (χ1n) is 8.06. The Morgan fingerprint density at radius 1 is 1.28 bits per heavy atom. The summed E-state index contributed by atoms with van der Waals surface area (Å²) in [5.41, 5.74) is 1.75. The number of rotatable bonds is 6. The molecule has 0 saturated heterocycles. The van der Waals surface area contributed by atoms with Gasteiger partial charge < -0.3 is 19.3 Å². The minimum atomic E-state index is -0.713. The van der Waals surface area contributed by atoms with Gasteiger partial charge in [0.05, 0.1) is 11.6 Å². The average Bonchev–Trinajstić information content (AvgIpc) is 3.06. The van der Waals surface area contributed by atoms with Crippen LogP contribution in [0.5, 0.6) is 0 Å². The Morgan fingerprint density at radius 3 is 2.76 bits per heavy atom. The highest BCUT2D eigenvalue weighted by Gasteiger charge is 2.16. The number of amides is 1. The lowest BCUT2D eigenvalue weighted by Gasteiger charge is -2.10. The van der Waals surface area contributed by atoms with Gasteiger partial charge >= 0.3 is 5.76 Å². The summed E-state index contributed by atoms with van der Waals surface area (Å²) in [5, 5.41) is 12.9. The molecule has 0 aliphatic carbocycles. The van der Waals surface area contributed by atoms with E-state index in [1.807, 2.05) is 6.92 Å². The fourth-order valence-corrected chi connectivity index (χ4v) is 2.85. The lowest BCUT2D eigenvalue weighted by molar-refractivity contribution is -0.121. The van der Waals surface area contributed by atoms with E-state index in [0.717, 1.165) is 11.3 Å². The van der Waals surface area contributed by atoms with Crippen molar-refractivity contribution in [1.29, 1.82) is 0 Å². The molecule has 0 spiro atoms. The highest BCUT2D eigenvalue weighted by atomic mass is 16.4. The molecule has 0 radical (unpaired) electrons. The number of para-hydroxylation sites is 2. The van der Waals surface area contributed by atoms with Gasteiger partial charge in [0.25, 0.3) is 0 Å². The third-order valence-electron chi connectivity index (χ3n) is 4.05. The van der Waals surface area contributed by atoms with Crippen LogP contribution >= 0.6 is 0 Å². The number of aliphatic hydroxyl groups excluding tert-OH is 1. The molecule has 7 heteroatoms. The molecular formula is C18H20N2O5. The number of hydrogen-bond acceptors (Lipinski definition) is 5. The molecule has 1 aromatic carbocycles. The van der Waals surface area contributed by atoms with Crippen LogP contribution in [0.25, 0.3) is 11.1 Å². The Labute approximate surface area is 143 Å². The van der Waals surface area contributed by atoms with E-state index in [2.05, 4.69) is 5.32 Å². The quantitative estimate of drug-likeness (QED) is 0.713. The maximum atomic E-state index is 12.1. The van der Waals surface area contributed by atoms with Gasteiger partial charge in [-0.25, -0.2) is 4.79 Å². The van der Waals surface area contributed by atoms with Crippen molar-refractivity contribution in [3.8, 4) is 0 Å². The summed E-state index contributed by atoms with van der Waals surface area (Å²) >= 11 is 0. The van der Waals surface area contributed by atoms with Crippen molar-refractivity contribution in [3.05, 3.63) is 58.0 Å². The minimum absolute atomic E-state index is 0.129. The summed E-state index contributed by atoms with van der Waals surface area (Å²) in [6.45, 7) is 3.77. The molecule has 0 aliphatic heterocycles. The molecule has 3 aromatic rings. The van der Waals surface area contributed by atoms with E-state index in [9.17, 15) is 14.7 Å². The van der Waals surface area contributed by atoms with Crippen molar-refractivity contribution < 1.29 is 18.7 Å². The molecule has 1 atom stereocenters. The van der Waals surface area contributed by atoms with E-state index in [1.165, 1.54) is 4.57 Å². The van der Waals surface area contributed by atoms with Crippen LogP contribution in [0.4, 0.5) is 0 Å². The monoisotopic (exact) mass is 344 g/mol. The van der Waals surface area contributed by atoms with E-state index < -0.39 is 11.9 Å². The smallest absolute Gasteiger partial charge is 0.420 e. The molecule has 2 aromatic heterocycles. The number of hydrogen-bond donors (Lipinski definition) is 2. The molecule has 7 nitrogen and oxygen atoms in total. The van der Waals surface area contributed by atoms with Crippen molar-refractivity contribution >= 4 is 17.0 Å². The lowest BCUT2D eigenvalue weighted by Crippen LogP contribution is -2.32. The number of oxazole rings is 1. The van der Waals surface area contributed by atoms with Crippen molar-refractivity contribution in [2.45, 2.75) is 32.9 Å². The largest absolute Gasteiger partial charge is 0.466 e. The van der Waals surface area contributed by atoms with Gasteiger partial charge in [-0.3, -0.25) is 9.36 Å². The normalized spacial score (nSPS) is 12.4. The lowest BCUT2D eigenvalue weighted by atomic mass is 10.1. The number of aromatic nitrogens is 1. The second-order valence-electron chi connectivity index (χ2n) is 5.94. The van der Waals surface area contributed by atoms with Crippen molar-refractivity contribution in [2.24, 2.45) is 0 Å². The number of furan rings is 1. The maximum absolute atomic E-state index is 12.1. The SMILES string of the molecule is Cc1cc([C@@H](O)CCNC(=O)Cn2c(=O)oc3ccccc32)c(C)o1. The van der Waals surface area contributed by atoms with Crippen LogP contribution in [-0.4, -0.2) is 22.1 Å². The first kappa shape index (κ1) is 17.0. The zero-order valence-corrected chi connectivity index (χ0v) is 14.1. The second kappa shape index (κ2) is 6.98. The summed E-state index contributed by atoms with van der Waals surface area (Å²) in [5.74, 6) is 0.524. The van der Waals surface area contributed by atoms with Gasteiger partial charge in [0.1, 0.15) is 18.1 Å². The number of fused-ring (bicyclic) bond motifs is 1. The predicted molar refractivity (Wildman–Crippen MR) is 91.2 cm³/mol. The molecule has 0 bridgehead atoms. The number of nitrogens with one attached hydrogen (secondary N) is 1. The van der Waals surface area contributed by atoms with Gasteiger partial charge in [-0.15, -0.1) is 0 Å². The van der Waals surface area contributed by atoms with Crippen molar-refractivity contribution in [1.82, 2.24) is 9.88 Å². The predicted octanol–water partition coefficient (Wildman–Crippen LogP) is 2.04. The number of aryl methyl sites for hydroxylation is 2. The number of aliphatic hydroxyl groups is 1. The molecule has 1 amide bonds. The highest BCUT2D eigenvalue weighted by molar-refractivity contribution is 5.79. The van der Waals surface area contributed by atoms with E-state index >= 15 is 0 Å². The zero-order chi connectivity index (χ0) is 18.0. The van der Waals surface area contributed by atoms with Crippen LogP contribution in [0.3, 0.4) is 0 Å². The summed E-state index contributed by atoms with van der Waals surface area (Å²) < 4.78 is 11.8. The van der Waals surface area contributed by atoms with Crippen molar-refractivity contribution in [3.63, 3.8) is 0 Å². The number of carbonyl (C=O) groups excluding carboxylic acids is 1. The first-order valence-corrected chi connectivity index (χ1v) is 8.06. The van der Waals surface area contributed by atoms with Crippen LogP contribution in [-0.2, 0) is 11.3 Å². The summed E-state index contributed by atoms with van der Waals surface area (Å²) in [6.07, 6.45) is -0.359. The summed E-state index contributed by atoms with van der Waals surface area (Å²) in [4.78, 5) is 23.9. The molecule has 3 rings (SSSR count). The van der Waals surface area contributed by atoms with E-state index in [0.29, 0.717) is 23.3 Å². The second-order valence-corrected chi connectivity index (χ2v) is 5.94.